The quantitative estimate of drug-likeness (QED) is 0.578. The Bertz CT molecular complexity index is 866. The number of ether oxygens (including phenoxy) is 2. The zero-order valence-electron chi connectivity index (χ0n) is 13.3. The maximum absolute atomic E-state index is 12.1. The average Bonchev–Trinajstić information content (AvgIpc) is 3.05. The smallest absolute Gasteiger partial charge is 0.307 e. The van der Waals surface area contributed by atoms with E-state index >= 15 is 0 Å². The summed E-state index contributed by atoms with van der Waals surface area (Å²) < 4.78 is 15.9. The van der Waals surface area contributed by atoms with Crippen molar-refractivity contribution in [2.45, 2.75) is 0 Å². The lowest BCUT2D eigenvalue weighted by Gasteiger charge is -2.06. The summed E-state index contributed by atoms with van der Waals surface area (Å²) in [6, 6.07) is 14.4. The third-order valence-electron chi connectivity index (χ3n) is 3.46. The average molecular weight is 324 g/mol. The van der Waals surface area contributed by atoms with Gasteiger partial charge in [0.2, 0.25) is 0 Å². The molecule has 6 heteroatoms. The summed E-state index contributed by atoms with van der Waals surface area (Å²) in [5, 5.41) is 4.81. The Hall–Kier alpha value is -3.28. The molecule has 0 saturated carbocycles. The highest BCUT2D eigenvalue weighted by Gasteiger charge is 2.11. The molecule has 122 valence electrons. The van der Waals surface area contributed by atoms with E-state index in [1.807, 2.05) is 18.2 Å². The second-order valence-corrected chi connectivity index (χ2v) is 4.96. The maximum Gasteiger partial charge on any atom is 0.307 e. The zero-order chi connectivity index (χ0) is 16.9. The van der Waals surface area contributed by atoms with E-state index in [1.165, 1.54) is 6.21 Å². The van der Waals surface area contributed by atoms with E-state index in [4.69, 9.17) is 13.9 Å². The number of para-hydroxylation sites is 1. The maximum atomic E-state index is 12.1. The number of benzene rings is 2. The van der Waals surface area contributed by atoms with Crippen LogP contribution in [0.1, 0.15) is 16.1 Å². The van der Waals surface area contributed by atoms with E-state index in [9.17, 15) is 4.79 Å². The van der Waals surface area contributed by atoms with Gasteiger partial charge < -0.3 is 13.9 Å². The Labute approximate surface area is 138 Å². The van der Waals surface area contributed by atoms with Gasteiger partial charge in [-0.2, -0.15) is 5.10 Å². The van der Waals surface area contributed by atoms with Crippen molar-refractivity contribution in [1.82, 2.24) is 5.43 Å². The van der Waals surface area contributed by atoms with Crippen molar-refractivity contribution in [2.24, 2.45) is 5.10 Å². The lowest BCUT2D eigenvalue weighted by atomic mass is 10.2. The van der Waals surface area contributed by atoms with E-state index in [-0.39, 0.29) is 5.76 Å². The number of nitrogens with one attached hydrogen (secondary N) is 1. The number of fused-ring (bicyclic) bond motifs is 1. The van der Waals surface area contributed by atoms with Gasteiger partial charge in [0, 0.05) is 10.9 Å². The fourth-order valence-corrected chi connectivity index (χ4v) is 2.25. The summed E-state index contributed by atoms with van der Waals surface area (Å²) in [5.41, 5.74) is 3.77. The molecule has 0 spiro atoms. The molecule has 0 fully saturated rings. The van der Waals surface area contributed by atoms with Crippen molar-refractivity contribution in [2.75, 3.05) is 14.2 Å². The number of hydrogen-bond acceptors (Lipinski definition) is 5. The second kappa shape index (κ2) is 6.87. The Morgan fingerprint density at radius 2 is 1.96 bits per heavy atom. The molecule has 0 aliphatic rings. The molecular weight excluding hydrogens is 308 g/mol. The zero-order valence-corrected chi connectivity index (χ0v) is 13.3. The van der Waals surface area contributed by atoms with E-state index in [0.29, 0.717) is 22.6 Å². The third-order valence-corrected chi connectivity index (χ3v) is 3.46. The summed E-state index contributed by atoms with van der Waals surface area (Å²) in [5.74, 6) is 1.06. The molecule has 3 rings (SSSR count). The minimum absolute atomic E-state index is 0.200. The standard InChI is InChI=1S/C18H16N2O4/c1-22-14-7-8-15(23-2)13(9-14)11-19-20-18(21)17-10-12-5-3-4-6-16(12)24-17/h3-11H,1-2H3,(H,20,21)/b19-11-. The number of furan rings is 1. The monoisotopic (exact) mass is 324 g/mol. The minimum Gasteiger partial charge on any atom is -0.497 e. The lowest BCUT2D eigenvalue weighted by Crippen LogP contribution is -2.16. The number of hydrazone groups is 1. The molecule has 6 nitrogen and oxygen atoms in total. The van der Waals surface area contributed by atoms with E-state index in [2.05, 4.69) is 10.5 Å². The first-order valence-corrected chi connectivity index (χ1v) is 7.25. The number of methoxy groups -OCH3 is 2. The second-order valence-electron chi connectivity index (χ2n) is 4.96. The lowest BCUT2D eigenvalue weighted by molar-refractivity contribution is 0.0929. The molecule has 1 heterocycles. The Morgan fingerprint density at radius 3 is 2.71 bits per heavy atom. The minimum atomic E-state index is -0.427. The van der Waals surface area contributed by atoms with Crippen LogP contribution in [0.4, 0.5) is 0 Å². The summed E-state index contributed by atoms with van der Waals surface area (Å²) in [4.78, 5) is 12.1. The van der Waals surface area contributed by atoms with Crippen LogP contribution in [-0.4, -0.2) is 26.3 Å². The fraction of sp³-hybridized carbons (Fsp3) is 0.111. The SMILES string of the molecule is COc1ccc(OC)c(/C=N\NC(=O)c2cc3ccccc3o2)c1. The van der Waals surface area contributed by atoms with Gasteiger partial charge in [-0.05, 0) is 30.3 Å². The summed E-state index contributed by atoms with van der Waals surface area (Å²) >= 11 is 0. The molecule has 1 amide bonds. The number of rotatable bonds is 5. The molecule has 0 aliphatic heterocycles. The van der Waals surface area contributed by atoms with Crippen molar-refractivity contribution in [3.05, 3.63) is 59.9 Å². The van der Waals surface area contributed by atoms with E-state index < -0.39 is 5.91 Å². The first kappa shape index (κ1) is 15.6. The van der Waals surface area contributed by atoms with E-state index in [1.54, 1.807) is 44.6 Å². The van der Waals surface area contributed by atoms with Crippen LogP contribution in [-0.2, 0) is 0 Å². The Kier molecular flexibility index (Phi) is 4.47. The van der Waals surface area contributed by atoms with Crippen molar-refractivity contribution in [3.63, 3.8) is 0 Å². The van der Waals surface area contributed by atoms with Crippen LogP contribution in [0.15, 0.2) is 58.0 Å². The highest BCUT2D eigenvalue weighted by atomic mass is 16.5. The number of amides is 1. The molecule has 1 N–H and O–H groups in total. The molecule has 0 unspecified atom stereocenters. The number of hydrogen-bond donors (Lipinski definition) is 1. The summed E-state index contributed by atoms with van der Waals surface area (Å²) in [6.45, 7) is 0. The molecule has 0 saturated heterocycles. The summed E-state index contributed by atoms with van der Waals surface area (Å²) in [7, 11) is 3.14. The van der Waals surface area contributed by atoms with Gasteiger partial charge in [-0.1, -0.05) is 18.2 Å². The van der Waals surface area contributed by atoms with Gasteiger partial charge >= 0.3 is 5.91 Å². The predicted molar refractivity (Wildman–Crippen MR) is 90.8 cm³/mol. The molecule has 0 radical (unpaired) electrons. The van der Waals surface area contributed by atoms with Gasteiger partial charge in [0.1, 0.15) is 17.1 Å². The van der Waals surface area contributed by atoms with Crippen molar-refractivity contribution in [1.29, 1.82) is 0 Å². The van der Waals surface area contributed by atoms with Gasteiger partial charge in [0.15, 0.2) is 5.76 Å². The van der Waals surface area contributed by atoms with Crippen LogP contribution in [0.5, 0.6) is 11.5 Å². The highest BCUT2D eigenvalue weighted by Crippen LogP contribution is 2.22. The largest absolute Gasteiger partial charge is 0.497 e. The molecule has 24 heavy (non-hydrogen) atoms. The van der Waals surface area contributed by atoms with Crippen LogP contribution in [0.25, 0.3) is 11.0 Å². The van der Waals surface area contributed by atoms with Crippen molar-refractivity contribution >= 4 is 23.1 Å². The van der Waals surface area contributed by atoms with Gasteiger partial charge in [-0.15, -0.1) is 0 Å². The van der Waals surface area contributed by atoms with Gasteiger partial charge in [-0.3, -0.25) is 4.79 Å². The molecule has 2 aromatic carbocycles. The van der Waals surface area contributed by atoms with Crippen LogP contribution >= 0.6 is 0 Å². The highest BCUT2D eigenvalue weighted by molar-refractivity contribution is 5.96. The third kappa shape index (κ3) is 3.22. The number of nitrogens with zero attached hydrogens (tertiary/aromatic N) is 1. The molecule has 3 aromatic rings. The molecular formula is C18H16N2O4. The fourth-order valence-electron chi connectivity index (χ4n) is 2.25. The molecule has 0 atom stereocenters. The first-order valence-electron chi connectivity index (χ1n) is 7.25. The van der Waals surface area contributed by atoms with Crippen molar-refractivity contribution in [3.8, 4) is 11.5 Å². The normalized spacial score (nSPS) is 10.9. The van der Waals surface area contributed by atoms with Crippen molar-refractivity contribution < 1.29 is 18.7 Å². The van der Waals surface area contributed by atoms with Crippen LogP contribution < -0.4 is 14.9 Å². The van der Waals surface area contributed by atoms with Gasteiger partial charge in [0.25, 0.3) is 0 Å². The van der Waals surface area contributed by atoms with Crippen LogP contribution in [0.2, 0.25) is 0 Å². The van der Waals surface area contributed by atoms with Crippen LogP contribution in [0, 0.1) is 0 Å². The number of carbonyl (C=O) groups excluding carboxylic acids is 1. The molecule has 1 aromatic heterocycles. The topological polar surface area (TPSA) is 73.1 Å². The number of carbonyl (C=O) groups is 1. The first-order chi connectivity index (χ1) is 11.7. The predicted octanol–water partition coefficient (Wildman–Crippen LogP) is 3.21. The van der Waals surface area contributed by atoms with Crippen LogP contribution in [0.3, 0.4) is 0 Å². The molecule has 0 bridgehead atoms. The summed E-state index contributed by atoms with van der Waals surface area (Å²) in [6.07, 6.45) is 1.49. The van der Waals surface area contributed by atoms with Gasteiger partial charge in [-0.25, -0.2) is 5.43 Å². The Morgan fingerprint density at radius 1 is 1.12 bits per heavy atom. The van der Waals surface area contributed by atoms with Gasteiger partial charge in [0.05, 0.1) is 20.4 Å². The Balaban J connectivity index is 1.75. The molecule has 0 aliphatic carbocycles. The van der Waals surface area contributed by atoms with E-state index in [0.717, 1.165) is 5.39 Å².